The van der Waals surface area contributed by atoms with Crippen LogP contribution in [0.25, 0.3) is 0 Å². The minimum atomic E-state index is -0.576. The Morgan fingerprint density at radius 3 is 2.42 bits per heavy atom. The number of pyridine rings is 1. The molecule has 8 heteroatoms. The van der Waals surface area contributed by atoms with Crippen molar-refractivity contribution < 1.29 is 15.3 Å². The molecule has 0 saturated heterocycles. The van der Waals surface area contributed by atoms with E-state index in [1.54, 1.807) is 24.3 Å². The van der Waals surface area contributed by atoms with Gasteiger partial charge in [0.05, 0.1) is 5.69 Å². The zero-order chi connectivity index (χ0) is 19.1. The molecule has 1 heterocycles. The SMILES string of the molecule is Cc1c(C#N)c(O)n(CCCO)c(=O)c1N=Nc1ccc(CCO)cc1. The molecular formula is C18H20N4O4. The second kappa shape index (κ2) is 8.89. The van der Waals surface area contributed by atoms with Gasteiger partial charge in [0.2, 0.25) is 5.88 Å². The number of aromatic nitrogens is 1. The molecule has 0 amide bonds. The summed E-state index contributed by atoms with van der Waals surface area (Å²) in [6.07, 6.45) is 0.792. The smallest absolute Gasteiger partial charge is 0.281 e. The number of nitrogens with zero attached hydrogens (tertiary/aromatic N) is 4. The minimum Gasteiger partial charge on any atom is -0.493 e. The average Bonchev–Trinajstić information content (AvgIpc) is 2.63. The largest absolute Gasteiger partial charge is 0.493 e. The molecule has 0 aliphatic heterocycles. The summed E-state index contributed by atoms with van der Waals surface area (Å²) in [7, 11) is 0. The minimum absolute atomic E-state index is 0.0308. The molecule has 0 atom stereocenters. The van der Waals surface area contributed by atoms with Crippen LogP contribution in [-0.2, 0) is 13.0 Å². The Bertz CT molecular complexity index is 895. The van der Waals surface area contributed by atoms with Crippen LogP contribution in [0.3, 0.4) is 0 Å². The number of rotatable bonds is 7. The lowest BCUT2D eigenvalue weighted by atomic mass is 10.1. The summed E-state index contributed by atoms with van der Waals surface area (Å²) in [5.74, 6) is -0.434. The van der Waals surface area contributed by atoms with Crippen LogP contribution < -0.4 is 5.56 Å². The van der Waals surface area contributed by atoms with E-state index in [9.17, 15) is 15.2 Å². The van der Waals surface area contributed by atoms with Gasteiger partial charge in [0.15, 0.2) is 5.69 Å². The summed E-state index contributed by atoms with van der Waals surface area (Å²) in [6.45, 7) is 1.49. The summed E-state index contributed by atoms with van der Waals surface area (Å²) < 4.78 is 1.01. The summed E-state index contributed by atoms with van der Waals surface area (Å²) in [5, 5.41) is 45.3. The van der Waals surface area contributed by atoms with E-state index in [4.69, 9.17) is 10.2 Å². The van der Waals surface area contributed by atoms with Gasteiger partial charge < -0.3 is 15.3 Å². The van der Waals surface area contributed by atoms with Crippen LogP contribution in [0.5, 0.6) is 5.88 Å². The van der Waals surface area contributed by atoms with Crippen molar-refractivity contribution in [2.75, 3.05) is 13.2 Å². The van der Waals surface area contributed by atoms with Crippen molar-refractivity contribution >= 4 is 11.4 Å². The van der Waals surface area contributed by atoms with Crippen molar-refractivity contribution in [1.82, 2.24) is 4.57 Å². The quantitative estimate of drug-likeness (QED) is 0.654. The van der Waals surface area contributed by atoms with Crippen molar-refractivity contribution in [3.8, 4) is 11.9 Å². The Kier molecular flexibility index (Phi) is 6.60. The number of hydrogen-bond acceptors (Lipinski definition) is 7. The van der Waals surface area contributed by atoms with Crippen molar-refractivity contribution in [2.24, 2.45) is 10.2 Å². The first-order valence-electron chi connectivity index (χ1n) is 8.12. The lowest BCUT2D eigenvalue weighted by Crippen LogP contribution is -2.22. The highest BCUT2D eigenvalue weighted by molar-refractivity contribution is 5.56. The third-order valence-corrected chi connectivity index (χ3v) is 3.91. The van der Waals surface area contributed by atoms with Crippen LogP contribution >= 0.6 is 0 Å². The number of aromatic hydroxyl groups is 1. The third-order valence-electron chi connectivity index (χ3n) is 3.91. The van der Waals surface area contributed by atoms with E-state index in [2.05, 4.69) is 10.2 Å². The Labute approximate surface area is 150 Å². The summed E-state index contributed by atoms with van der Waals surface area (Å²) >= 11 is 0. The highest BCUT2D eigenvalue weighted by Crippen LogP contribution is 2.27. The van der Waals surface area contributed by atoms with Gasteiger partial charge in [-0.2, -0.15) is 10.4 Å². The normalized spacial score (nSPS) is 11.0. The van der Waals surface area contributed by atoms with Gasteiger partial charge in [0, 0.05) is 25.3 Å². The maximum atomic E-state index is 12.6. The van der Waals surface area contributed by atoms with Crippen molar-refractivity contribution in [1.29, 1.82) is 5.26 Å². The van der Waals surface area contributed by atoms with Gasteiger partial charge in [0.25, 0.3) is 5.56 Å². The Balaban J connectivity index is 2.44. The molecule has 0 spiro atoms. The van der Waals surface area contributed by atoms with E-state index in [1.807, 2.05) is 6.07 Å². The average molecular weight is 356 g/mol. The predicted molar refractivity (Wildman–Crippen MR) is 94.9 cm³/mol. The van der Waals surface area contributed by atoms with Crippen molar-refractivity contribution in [3.05, 3.63) is 51.3 Å². The first-order chi connectivity index (χ1) is 12.5. The predicted octanol–water partition coefficient (Wildman–Crippen LogP) is 2.07. The molecule has 0 saturated carbocycles. The molecule has 1 aromatic carbocycles. The fourth-order valence-electron chi connectivity index (χ4n) is 2.46. The van der Waals surface area contributed by atoms with Gasteiger partial charge in [-0.15, -0.1) is 5.11 Å². The highest BCUT2D eigenvalue weighted by Gasteiger charge is 2.18. The van der Waals surface area contributed by atoms with Gasteiger partial charge in [-0.25, -0.2) is 0 Å². The van der Waals surface area contributed by atoms with Crippen LogP contribution in [0, 0.1) is 18.3 Å². The molecule has 1 aromatic heterocycles. The number of benzene rings is 1. The monoisotopic (exact) mass is 356 g/mol. The fourth-order valence-corrected chi connectivity index (χ4v) is 2.46. The number of aliphatic hydroxyl groups is 2. The first-order valence-corrected chi connectivity index (χ1v) is 8.12. The first kappa shape index (κ1) is 19.3. The van der Waals surface area contributed by atoms with E-state index in [-0.39, 0.29) is 43.0 Å². The van der Waals surface area contributed by atoms with Gasteiger partial charge in [0.1, 0.15) is 11.6 Å². The van der Waals surface area contributed by atoms with E-state index in [1.165, 1.54) is 6.92 Å². The number of hydrogen-bond donors (Lipinski definition) is 3. The van der Waals surface area contributed by atoms with Crippen LogP contribution in [0.1, 0.15) is 23.1 Å². The van der Waals surface area contributed by atoms with Crippen LogP contribution in [-0.4, -0.2) is 33.1 Å². The lowest BCUT2D eigenvalue weighted by molar-refractivity contribution is 0.274. The molecule has 26 heavy (non-hydrogen) atoms. The molecule has 2 rings (SSSR count). The molecule has 8 nitrogen and oxygen atoms in total. The summed E-state index contributed by atoms with van der Waals surface area (Å²) in [5.41, 5.74) is 1.06. The fraction of sp³-hybridized carbons (Fsp3) is 0.333. The zero-order valence-corrected chi connectivity index (χ0v) is 14.4. The Morgan fingerprint density at radius 2 is 1.85 bits per heavy atom. The zero-order valence-electron chi connectivity index (χ0n) is 14.4. The standard InChI is InChI=1S/C18H20N4O4/c1-12-15(11-19)17(25)22(8-2-9-23)18(26)16(12)21-20-14-5-3-13(4-6-14)7-10-24/h3-6,23-25H,2,7-10H2,1H3. The topological polar surface area (TPSA) is 131 Å². The second-order valence-corrected chi connectivity index (χ2v) is 5.66. The maximum absolute atomic E-state index is 12.6. The lowest BCUT2D eigenvalue weighted by Gasteiger charge is -2.12. The van der Waals surface area contributed by atoms with E-state index >= 15 is 0 Å². The molecule has 0 aliphatic carbocycles. The number of aliphatic hydroxyl groups excluding tert-OH is 2. The van der Waals surface area contributed by atoms with Gasteiger partial charge >= 0.3 is 0 Å². The maximum Gasteiger partial charge on any atom is 0.281 e. The number of nitriles is 1. The van der Waals surface area contributed by atoms with Crippen LogP contribution in [0.4, 0.5) is 11.4 Å². The molecule has 136 valence electrons. The molecule has 0 radical (unpaired) electrons. The third kappa shape index (κ3) is 4.14. The van der Waals surface area contributed by atoms with E-state index in [0.717, 1.165) is 10.1 Å². The van der Waals surface area contributed by atoms with Gasteiger partial charge in [-0.05, 0) is 37.5 Å². The Morgan fingerprint density at radius 1 is 1.15 bits per heavy atom. The van der Waals surface area contributed by atoms with Crippen LogP contribution in [0.2, 0.25) is 0 Å². The second-order valence-electron chi connectivity index (χ2n) is 5.66. The molecule has 0 unspecified atom stereocenters. The van der Waals surface area contributed by atoms with Crippen LogP contribution in [0.15, 0.2) is 39.3 Å². The Hall–Kier alpha value is -3.02. The molecule has 3 N–H and O–H groups in total. The molecular weight excluding hydrogens is 336 g/mol. The van der Waals surface area contributed by atoms with Crippen molar-refractivity contribution in [2.45, 2.75) is 26.3 Å². The molecule has 0 aliphatic rings. The molecule has 0 bridgehead atoms. The number of azo groups is 1. The summed E-state index contributed by atoms with van der Waals surface area (Å²) in [6, 6.07) is 8.89. The van der Waals surface area contributed by atoms with Gasteiger partial charge in [-0.3, -0.25) is 9.36 Å². The molecule has 0 fully saturated rings. The molecule has 2 aromatic rings. The summed E-state index contributed by atoms with van der Waals surface area (Å²) in [4.78, 5) is 12.6. The van der Waals surface area contributed by atoms with Gasteiger partial charge in [-0.1, -0.05) is 12.1 Å². The van der Waals surface area contributed by atoms with E-state index in [0.29, 0.717) is 12.1 Å². The van der Waals surface area contributed by atoms with Crippen molar-refractivity contribution in [3.63, 3.8) is 0 Å². The highest BCUT2D eigenvalue weighted by atomic mass is 16.3. The van der Waals surface area contributed by atoms with E-state index < -0.39 is 11.4 Å².